The summed E-state index contributed by atoms with van der Waals surface area (Å²) in [6.07, 6.45) is 3.85. The second-order valence-electron chi connectivity index (χ2n) is 8.90. The number of hydrogen-bond acceptors (Lipinski definition) is 5. The van der Waals surface area contributed by atoms with Crippen molar-refractivity contribution in [3.8, 4) is 5.75 Å². The SMILES string of the molecule is COc1c(N2CC3C=CCCC(N)C3C2)c(F)c(C(F)F)c2c(=O)[nH]c(=O)n(C3CC3)c12. The van der Waals surface area contributed by atoms with Gasteiger partial charge in [-0.25, -0.2) is 18.0 Å². The number of allylic oxidation sites excluding steroid dienone is 1. The largest absolute Gasteiger partial charge is 0.492 e. The molecule has 2 heterocycles. The van der Waals surface area contributed by atoms with Crippen LogP contribution in [0.15, 0.2) is 21.7 Å². The van der Waals surface area contributed by atoms with E-state index in [2.05, 4.69) is 17.1 Å². The number of benzene rings is 1. The Bertz CT molecular complexity index is 1220. The van der Waals surface area contributed by atoms with Crippen LogP contribution in [0.5, 0.6) is 5.75 Å². The van der Waals surface area contributed by atoms with E-state index < -0.39 is 34.4 Å². The first-order chi connectivity index (χ1) is 15.3. The highest BCUT2D eigenvalue weighted by Gasteiger charge is 2.41. The number of hydrogen-bond donors (Lipinski definition) is 2. The summed E-state index contributed by atoms with van der Waals surface area (Å²) < 4.78 is 50.8. The minimum Gasteiger partial charge on any atom is -0.492 e. The van der Waals surface area contributed by atoms with Crippen LogP contribution in [0.2, 0.25) is 0 Å². The second-order valence-corrected chi connectivity index (χ2v) is 8.90. The van der Waals surface area contributed by atoms with E-state index in [4.69, 9.17) is 10.5 Å². The number of nitrogens with zero attached hydrogens (tertiary/aromatic N) is 2. The average Bonchev–Trinajstić information content (AvgIpc) is 3.51. The molecule has 172 valence electrons. The molecule has 32 heavy (non-hydrogen) atoms. The standard InChI is InChI=1S/C22H25F3N4O3/c1-32-19-17-15(21(30)27-22(31)29(17)11-6-7-11)14(20(24)25)16(23)18(19)28-8-10-4-2-3-5-13(26)12(10)9-28/h2,4,10-13,20H,3,5-9,26H2,1H3,(H,27,30,31). The minimum absolute atomic E-state index is 0.0355. The molecule has 2 aliphatic carbocycles. The van der Waals surface area contributed by atoms with Gasteiger partial charge in [-0.05, 0) is 31.6 Å². The van der Waals surface area contributed by atoms with E-state index in [1.54, 1.807) is 4.90 Å². The van der Waals surface area contributed by atoms with Crippen LogP contribution in [0, 0.1) is 17.7 Å². The Kier molecular flexibility index (Phi) is 5.07. The van der Waals surface area contributed by atoms with Gasteiger partial charge in [-0.15, -0.1) is 0 Å². The van der Waals surface area contributed by atoms with E-state index in [-0.39, 0.29) is 40.9 Å². The van der Waals surface area contributed by atoms with Gasteiger partial charge in [0.15, 0.2) is 11.6 Å². The zero-order valence-electron chi connectivity index (χ0n) is 17.6. The lowest BCUT2D eigenvalue weighted by Gasteiger charge is -2.26. The predicted molar refractivity (Wildman–Crippen MR) is 114 cm³/mol. The van der Waals surface area contributed by atoms with Crippen molar-refractivity contribution in [2.75, 3.05) is 25.1 Å². The highest BCUT2D eigenvalue weighted by molar-refractivity contribution is 5.94. The third kappa shape index (κ3) is 3.15. The molecular formula is C22H25F3N4O3. The zero-order chi connectivity index (χ0) is 22.7. The average molecular weight is 450 g/mol. The van der Waals surface area contributed by atoms with Crippen LogP contribution in [0.25, 0.3) is 10.9 Å². The van der Waals surface area contributed by atoms with Crippen LogP contribution in [0.1, 0.15) is 43.7 Å². The third-order valence-corrected chi connectivity index (χ3v) is 6.95. The fourth-order valence-corrected chi connectivity index (χ4v) is 5.30. The van der Waals surface area contributed by atoms with Gasteiger partial charge in [0.1, 0.15) is 11.2 Å². The van der Waals surface area contributed by atoms with Gasteiger partial charge in [0, 0.05) is 31.1 Å². The van der Waals surface area contributed by atoms with E-state index >= 15 is 4.39 Å². The van der Waals surface area contributed by atoms with Crippen LogP contribution in [0.3, 0.4) is 0 Å². The molecule has 1 aromatic heterocycles. The summed E-state index contributed by atoms with van der Waals surface area (Å²) in [4.78, 5) is 29.0. The lowest BCUT2D eigenvalue weighted by molar-refractivity contribution is 0.148. The normalized spacial score (nSPS) is 25.4. The van der Waals surface area contributed by atoms with Crippen molar-refractivity contribution in [3.63, 3.8) is 0 Å². The predicted octanol–water partition coefficient (Wildman–Crippen LogP) is 2.84. The van der Waals surface area contributed by atoms with E-state index in [1.807, 2.05) is 0 Å². The maximum atomic E-state index is 15.7. The van der Waals surface area contributed by atoms with Crippen LogP contribution in [-0.4, -0.2) is 35.8 Å². The minimum atomic E-state index is -3.25. The van der Waals surface area contributed by atoms with Gasteiger partial charge in [-0.3, -0.25) is 14.3 Å². The summed E-state index contributed by atoms with van der Waals surface area (Å²) in [6.45, 7) is 0.752. The molecule has 0 spiro atoms. The summed E-state index contributed by atoms with van der Waals surface area (Å²) in [5, 5.41) is -0.533. The molecule has 10 heteroatoms. The molecule has 1 aromatic carbocycles. The van der Waals surface area contributed by atoms with Gasteiger partial charge in [0.25, 0.3) is 12.0 Å². The summed E-state index contributed by atoms with van der Waals surface area (Å²) >= 11 is 0. The van der Waals surface area contributed by atoms with Gasteiger partial charge in [0.05, 0.1) is 18.1 Å². The van der Waals surface area contributed by atoms with Gasteiger partial charge in [-0.2, -0.15) is 0 Å². The van der Waals surface area contributed by atoms with Crippen molar-refractivity contribution < 1.29 is 17.9 Å². The number of methoxy groups -OCH3 is 1. The number of rotatable bonds is 4. The molecule has 3 aliphatic rings. The van der Waals surface area contributed by atoms with Gasteiger partial charge >= 0.3 is 5.69 Å². The van der Waals surface area contributed by atoms with Crippen molar-refractivity contribution in [3.05, 3.63) is 44.4 Å². The topological polar surface area (TPSA) is 93.3 Å². The van der Waals surface area contributed by atoms with Crippen molar-refractivity contribution in [1.29, 1.82) is 0 Å². The Balaban J connectivity index is 1.80. The van der Waals surface area contributed by atoms with Crippen molar-refractivity contribution >= 4 is 16.6 Å². The van der Waals surface area contributed by atoms with Gasteiger partial charge in [-0.1, -0.05) is 12.2 Å². The molecule has 3 atom stereocenters. The third-order valence-electron chi connectivity index (χ3n) is 6.95. The fourth-order valence-electron chi connectivity index (χ4n) is 5.30. The Morgan fingerprint density at radius 3 is 2.62 bits per heavy atom. The first-order valence-electron chi connectivity index (χ1n) is 10.9. The number of halogens is 3. The molecule has 0 bridgehead atoms. The number of ether oxygens (including phenoxy) is 1. The first-order valence-corrected chi connectivity index (χ1v) is 10.9. The molecule has 7 nitrogen and oxygen atoms in total. The van der Waals surface area contributed by atoms with Crippen LogP contribution in [-0.2, 0) is 0 Å². The fraction of sp³-hybridized carbons (Fsp3) is 0.545. The Labute approximate surface area is 181 Å². The van der Waals surface area contributed by atoms with Crippen LogP contribution < -0.4 is 26.6 Å². The molecule has 0 amide bonds. The van der Waals surface area contributed by atoms with Crippen molar-refractivity contribution in [1.82, 2.24) is 9.55 Å². The number of aromatic nitrogens is 2. The highest BCUT2D eigenvalue weighted by atomic mass is 19.3. The van der Waals surface area contributed by atoms with E-state index in [0.717, 1.165) is 12.8 Å². The maximum Gasteiger partial charge on any atom is 0.329 e. The first kappa shape index (κ1) is 21.1. The summed E-state index contributed by atoms with van der Waals surface area (Å²) in [5.74, 6) is -1.17. The Hall–Kier alpha value is -2.75. The second kappa shape index (κ2) is 7.68. The lowest BCUT2D eigenvalue weighted by atomic mass is 9.89. The Morgan fingerprint density at radius 1 is 1.22 bits per heavy atom. The van der Waals surface area contributed by atoms with E-state index in [0.29, 0.717) is 25.9 Å². The molecule has 2 fully saturated rings. The molecular weight excluding hydrogens is 425 g/mol. The summed E-state index contributed by atoms with van der Waals surface area (Å²) in [7, 11) is 1.29. The van der Waals surface area contributed by atoms with Crippen molar-refractivity contribution in [2.24, 2.45) is 17.6 Å². The maximum absolute atomic E-state index is 15.7. The van der Waals surface area contributed by atoms with Crippen LogP contribution >= 0.6 is 0 Å². The van der Waals surface area contributed by atoms with E-state index in [1.165, 1.54) is 11.7 Å². The number of nitrogens with two attached hydrogens (primary N) is 1. The molecule has 5 rings (SSSR count). The smallest absolute Gasteiger partial charge is 0.329 e. The van der Waals surface area contributed by atoms with Crippen molar-refractivity contribution in [2.45, 2.75) is 44.2 Å². The van der Waals surface area contributed by atoms with E-state index in [9.17, 15) is 18.4 Å². The number of anilines is 1. The monoisotopic (exact) mass is 450 g/mol. The molecule has 3 unspecified atom stereocenters. The highest BCUT2D eigenvalue weighted by Crippen LogP contribution is 2.47. The molecule has 1 saturated carbocycles. The number of aromatic amines is 1. The number of fused-ring (bicyclic) bond motifs is 2. The van der Waals surface area contributed by atoms with Gasteiger partial charge in [0.2, 0.25) is 0 Å². The molecule has 3 N–H and O–H groups in total. The number of nitrogens with one attached hydrogen (secondary N) is 1. The summed E-state index contributed by atoms with van der Waals surface area (Å²) in [6, 6.07) is -0.350. The molecule has 2 aromatic rings. The Morgan fingerprint density at radius 2 is 1.97 bits per heavy atom. The molecule has 0 radical (unpaired) electrons. The van der Waals surface area contributed by atoms with Crippen LogP contribution in [0.4, 0.5) is 18.9 Å². The summed E-state index contributed by atoms with van der Waals surface area (Å²) in [5.41, 5.74) is 3.39. The quantitative estimate of drug-likeness (QED) is 0.699. The number of alkyl halides is 2. The lowest BCUT2D eigenvalue weighted by Crippen LogP contribution is -2.34. The van der Waals surface area contributed by atoms with Gasteiger partial charge < -0.3 is 15.4 Å². The number of H-pyrrole nitrogens is 1. The zero-order valence-corrected chi connectivity index (χ0v) is 17.6. The molecule has 1 saturated heterocycles. The molecule has 1 aliphatic heterocycles.